The van der Waals surface area contributed by atoms with Crippen LogP contribution in [-0.4, -0.2) is 4.57 Å². The molecule has 1 aromatic heterocycles. The second kappa shape index (κ2) is 8.95. The van der Waals surface area contributed by atoms with Crippen molar-refractivity contribution >= 4 is 39.7 Å². The summed E-state index contributed by atoms with van der Waals surface area (Å²) in [6.07, 6.45) is 5.34. The molecule has 0 aliphatic heterocycles. The quantitative estimate of drug-likeness (QED) is 0.253. The van der Waals surface area contributed by atoms with Crippen molar-refractivity contribution in [2.45, 2.75) is 39.5 Å². The Balaban J connectivity index is 1.73. The molecule has 190 valence electrons. The maximum absolute atomic E-state index is 7.04. The summed E-state index contributed by atoms with van der Waals surface area (Å²) in [7, 11) is 0. The van der Waals surface area contributed by atoms with Gasteiger partial charge >= 0.3 is 0 Å². The molecule has 1 saturated carbocycles. The highest BCUT2D eigenvalue weighted by atomic mass is 15.1. The van der Waals surface area contributed by atoms with Gasteiger partial charge in [0.2, 0.25) is 0 Å². The van der Waals surface area contributed by atoms with Gasteiger partial charge in [-0.05, 0) is 84.3 Å². The number of hydrogen-bond donors (Lipinski definition) is 1. The largest absolute Gasteiger partial charge is 0.396 e. The fraction of sp³-hybridized carbons (Fsp3) is 0.200. The van der Waals surface area contributed by atoms with Crippen molar-refractivity contribution in [1.29, 1.82) is 0 Å². The van der Waals surface area contributed by atoms with E-state index in [1.165, 1.54) is 10.9 Å². The van der Waals surface area contributed by atoms with Crippen LogP contribution in [0.3, 0.4) is 0 Å². The molecule has 1 fully saturated rings. The lowest BCUT2D eigenvalue weighted by Gasteiger charge is -2.28. The molecule has 6 rings (SSSR count). The summed E-state index contributed by atoms with van der Waals surface area (Å²) < 4.78 is 2.32. The molecule has 4 aromatic carbocycles. The van der Waals surface area contributed by atoms with E-state index in [-0.39, 0.29) is 10.8 Å². The predicted molar refractivity (Wildman–Crippen MR) is 163 cm³/mol. The van der Waals surface area contributed by atoms with Crippen LogP contribution in [-0.2, 0) is 5.41 Å². The number of nitrogen functional groups attached to an aromatic ring is 1. The van der Waals surface area contributed by atoms with Crippen LogP contribution in [0, 0.1) is 5.41 Å². The normalized spacial score (nSPS) is 18.2. The molecule has 1 aliphatic carbocycles. The lowest BCUT2D eigenvalue weighted by atomic mass is 9.86. The maximum atomic E-state index is 7.04. The first-order valence-electron chi connectivity index (χ1n) is 13.4. The molecule has 0 bridgehead atoms. The van der Waals surface area contributed by atoms with Crippen molar-refractivity contribution in [3.63, 3.8) is 0 Å². The molecule has 38 heavy (non-hydrogen) atoms. The first-order valence-corrected chi connectivity index (χ1v) is 13.4. The lowest BCUT2D eigenvalue weighted by Crippen LogP contribution is -2.14. The van der Waals surface area contributed by atoms with Crippen LogP contribution in [0.15, 0.2) is 109 Å². The van der Waals surface area contributed by atoms with E-state index in [9.17, 15) is 0 Å². The number of anilines is 4. The van der Waals surface area contributed by atoms with E-state index in [1.807, 2.05) is 0 Å². The fourth-order valence-corrected chi connectivity index (χ4v) is 6.09. The molecule has 1 heterocycles. The number of hydrogen-bond acceptors (Lipinski definition) is 2. The summed E-state index contributed by atoms with van der Waals surface area (Å²) in [5, 5.41) is 1.17. The van der Waals surface area contributed by atoms with Gasteiger partial charge in [0, 0.05) is 28.1 Å². The zero-order chi connectivity index (χ0) is 26.5. The summed E-state index contributed by atoms with van der Waals surface area (Å²) in [4.78, 5) is 2.36. The van der Waals surface area contributed by atoms with Gasteiger partial charge in [-0.2, -0.15) is 0 Å². The Kier molecular flexibility index (Phi) is 5.68. The smallest absolute Gasteiger partial charge is 0.0695 e. The highest BCUT2D eigenvalue weighted by molar-refractivity contribution is 6.04. The average Bonchev–Trinajstić information content (AvgIpc) is 3.34. The van der Waals surface area contributed by atoms with Crippen molar-refractivity contribution in [1.82, 2.24) is 4.57 Å². The second-order valence-electron chi connectivity index (χ2n) is 11.3. The van der Waals surface area contributed by atoms with E-state index < -0.39 is 0 Å². The van der Waals surface area contributed by atoms with Gasteiger partial charge in [-0.3, -0.25) is 0 Å². The number of rotatable bonds is 6. The van der Waals surface area contributed by atoms with Crippen LogP contribution in [0.25, 0.3) is 22.7 Å². The van der Waals surface area contributed by atoms with Gasteiger partial charge in [-0.1, -0.05) is 81.4 Å². The van der Waals surface area contributed by atoms with Crippen LogP contribution in [0.4, 0.5) is 22.7 Å². The Morgan fingerprint density at radius 2 is 1.29 bits per heavy atom. The van der Waals surface area contributed by atoms with E-state index in [0.29, 0.717) is 0 Å². The number of benzene rings is 4. The maximum Gasteiger partial charge on any atom is 0.0695 e. The van der Waals surface area contributed by atoms with E-state index in [2.05, 4.69) is 152 Å². The zero-order valence-corrected chi connectivity index (χ0v) is 22.6. The molecule has 3 nitrogen and oxygen atoms in total. The minimum absolute atomic E-state index is 0.0322. The van der Waals surface area contributed by atoms with Crippen LogP contribution in [0.5, 0.6) is 0 Å². The van der Waals surface area contributed by atoms with Crippen LogP contribution < -0.4 is 10.6 Å². The van der Waals surface area contributed by atoms with Crippen LogP contribution in [0.2, 0.25) is 0 Å². The molecular formula is C35H35N3. The number of para-hydroxylation sites is 3. The van der Waals surface area contributed by atoms with E-state index in [1.54, 1.807) is 0 Å². The van der Waals surface area contributed by atoms with Gasteiger partial charge in [0.25, 0.3) is 0 Å². The molecule has 2 N–H and O–H groups in total. The number of nitrogens with two attached hydrogens (primary N) is 1. The third kappa shape index (κ3) is 3.73. The molecule has 5 aromatic rings. The zero-order valence-electron chi connectivity index (χ0n) is 22.6. The summed E-state index contributed by atoms with van der Waals surface area (Å²) >= 11 is 0. The van der Waals surface area contributed by atoms with E-state index >= 15 is 0 Å². The lowest BCUT2D eigenvalue weighted by molar-refractivity contribution is 0.531. The Morgan fingerprint density at radius 1 is 0.763 bits per heavy atom. The molecule has 1 atom stereocenters. The SMILES string of the molecule is C/C=C\c1c(N)c2c(C3(C)CC3(C)C)cc(N(c3ccccc3)c3ccccc3)cc2n1-c1ccccc1. The average molecular weight is 498 g/mol. The highest BCUT2D eigenvalue weighted by Gasteiger charge is 2.59. The summed E-state index contributed by atoms with van der Waals surface area (Å²) in [5.74, 6) is 0. The second-order valence-corrected chi connectivity index (χ2v) is 11.3. The minimum atomic E-state index is 0.0322. The summed E-state index contributed by atoms with van der Waals surface area (Å²) in [6, 6.07) is 36.5. The topological polar surface area (TPSA) is 34.2 Å². The highest BCUT2D eigenvalue weighted by Crippen LogP contribution is 2.66. The van der Waals surface area contributed by atoms with Gasteiger partial charge in [-0.25, -0.2) is 0 Å². The molecule has 0 amide bonds. The monoisotopic (exact) mass is 497 g/mol. The predicted octanol–water partition coefficient (Wildman–Crippen LogP) is 9.40. The molecule has 1 unspecified atom stereocenters. The van der Waals surface area contributed by atoms with Crippen molar-refractivity contribution in [3.05, 3.63) is 120 Å². The van der Waals surface area contributed by atoms with Crippen molar-refractivity contribution < 1.29 is 0 Å². The molecular weight excluding hydrogens is 462 g/mol. The minimum Gasteiger partial charge on any atom is -0.396 e. The van der Waals surface area contributed by atoms with Gasteiger partial charge < -0.3 is 15.2 Å². The Labute approximate surface area is 225 Å². The van der Waals surface area contributed by atoms with Crippen molar-refractivity contribution in [2.75, 3.05) is 10.6 Å². The Bertz CT molecular complexity index is 1590. The summed E-state index contributed by atoms with van der Waals surface area (Å²) in [6.45, 7) is 9.19. The summed E-state index contributed by atoms with van der Waals surface area (Å²) in [5.41, 5.74) is 16.1. The van der Waals surface area contributed by atoms with E-state index in [0.717, 1.165) is 46.1 Å². The number of nitrogens with zero attached hydrogens (tertiary/aromatic N) is 2. The number of allylic oxidation sites excluding steroid dienone is 1. The fourth-order valence-electron chi connectivity index (χ4n) is 6.09. The third-order valence-electron chi connectivity index (χ3n) is 8.51. The molecule has 0 saturated heterocycles. The van der Waals surface area contributed by atoms with Gasteiger partial charge in [-0.15, -0.1) is 0 Å². The molecule has 1 aliphatic rings. The number of aromatic nitrogens is 1. The van der Waals surface area contributed by atoms with Crippen LogP contribution >= 0.6 is 0 Å². The standard InChI is InChI=1S/C35H35N3/c1-5-15-30-33(36)32-29(35(4)24-34(35,2)3)22-28(23-31(32)38(30)27-20-13-8-14-21-27)37(25-16-9-6-10-17-25)26-18-11-7-12-19-26/h5-23H,24,36H2,1-4H3/b15-5-. The van der Waals surface area contributed by atoms with Gasteiger partial charge in [0.1, 0.15) is 0 Å². The van der Waals surface area contributed by atoms with Crippen molar-refractivity contribution in [2.24, 2.45) is 5.41 Å². The Hall–Kier alpha value is -4.24. The van der Waals surface area contributed by atoms with Crippen LogP contribution in [0.1, 0.15) is 45.4 Å². The van der Waals surface area contributed by atoms with Crippen molar-refractivity contribution in [3.8, 4) is 5.69 Å². The van der Waals surface area contributed by atoms with Gasteiger partial charge in [0.05, 0.1) is 16.9 Å². The molecule has 0 radical (unpaired) electrons. The van der Waals surface area contributed by atoms with Gasteiger partial charge in [0.15, 0.2) is 0 Å². The first kappa shape index (κ1) is 24.1. The molecule has 3 heteroatoms. The molecule has 0 spiro atoms. The van der Waals surface area contributed by atoms with E-state index in [4.69, 9.17) is 5.73 Å². The third-order valence-corrected chi connectivity index (χ3v) is 8.51. The first-order chi connectivity index (χ1) is 18.4. The number of fused-ring (bicyclic) bond motifs is 1. The Morgan fingerprint density at radius 3 is 1.79 bits per heavy atom.